The van der Waals surface area contributed by atoms with Crippen molar-refractivity contribution in [2.24, 2.45) is 5.41 Å². The van der Waals surface area contributed by atoms with E-state index < -0.39 is 5.79 Å². The lowest BCUT2D eigenvalue weighted by Gasteiger charge is -2.47. The summed E-state index contributed by atoms with van der Waals surface area (Å²) in [5.74, 6) is -0.453. The van der Waals surface area contributed by atoms with Crippen LogP contribution in [0, 0.1) is 5.41 Å². The lowest BCUT2D eigenvalue weighted by molar-refractivity contribution is -0.512. The van der Waals surface area contributed by atoms with Crippen LogP contribution in [-0.2, 0) is 14.5 Å². The molecule has 2 aliphatic rings. The number of hydrogen-bond donors (Lipinski definition) is 0. The van der Waals surface area contributed by atoms with Gasteiger partial charge in [0, 0.05) is 12.8 Å². The van der Waals surface area contributed by atoms with E-state index in [0.717, 1.165) is 25.7 Å². The van der Waals surface area contributed by atoms with Crippen molar-refractivity contribution < 1.29 is 14.5 Å². The van der Waals surface area contributed by atoms with Crippen LogP contribution < -0.4 is 0 Å². The molecule has 0 amide bonds. The van der Waals surface area contributed by atoms with Crippen LogP contribution in [0.3, 0.4) is 0 Å². The van der Waals surface area contributed by atoms with Crippen molar-refractivity contribution in [3.05, 3.63) is 0 Å². The van der Waals surface area contributed by atoms with E-state index in [2.05, 4.69) is 13.8 Å². The Hall–Kier alpha value is -0.120. The quantitative estimate of drug-likeness (QED) is 0.580. The van der Waals surface area contributed by atoms with E-state index in [4.69, 9.17) is 14.5 Å². The molecule has 0 radical (unpaired) electrons. The SMILES string of the molecule is CC1(C)CCC2(CC1)OCC(C)(C)OO2. The van der Waals surface area contributed by atoms with E-state index in [1.165, 1.54) is 0 Å². The molecule has 1 aliphatic heterocycles. The van der Waals surface area contributed by atoms with Gasteiger partial charge in [-0.1, -0.05) is 13.8 Å². The van der Waals surface area contributed by atoms with E-state index in [9.17, 15) is 0 Å². The fourth-order valence-electron chi connectivity index (χ4n) is 2.08. The van der Waals surface area contributed by atoms with E-state index in [0.29, 0.717) is 12.0 Å². The van der Waals surface area contributed by atoms with Crippen LogP contribution in [0.15, 0.2) is 0 Å². The zero-order valence-electron chi connectivity index (χ0n) is 10.3. The number of rotatable bonds is 0. The molecule has 2 fully saturated rings. The summed E-state index contributed by atoms with van der Waals surface area (Å²) < 4.78 is 5.87. The van der Waals surface area contributed by atoms with Crippen LogP contribution in [0.4, 0.5) is 0 Å². The third kappa shape index (κ3) is 2.52. The molecule has 15 heavy (non-hydrogen) atoms. The van der Waals surface area contributed by atoms with Crippen molar-refractivity contribution in [2.75, 3.05) is 6.61 Å². The highest BCUT2D eigenvalue weighted by molar-refractivity contribution is 4.86. The van der Waals surface area contributed by atoms with E-state index in [-0.39, 0.29) is 5.60 Å². The zero-order valence-corrected chi connectivity index (χ0v) is 10.3. The number of hydrogen-bond acceptors (Lipinski definition) is 3. The van der Waals surface area contributed by atoms with Gasteiger partial charge in [-0.05, 0) is 32.1 Å². The third-order valence-corrected chi connectivity index (χ3v) is 3.47. The highest BCUT2D eigenvalue weighted by Crippen LogP contribution is 2.44. The van der Waals surface area contributed by atoms with Gasteiger partial charge in [0.1, 0.15) is 5.60 Å². The molecule has 1 spiro atoms. The first-order valence-electron chi connectivity index (χ1n) is 5.84. The second kappa shape index (κ2) is 3.44. The standard InChI is InChI=1S/C12H22O3/c1-10(2)5-7-12(8-6-10)13-9-11(3,4)14-15-12/h5-9H2,1-4H3. The molecule has 1 heterocycles. The largest absolute Gasteiger partial charge is 0.344 e. The van der Waals surface area contributed by atoms with E-state index in [1.54, 1.807) is 0 Å². The van der Waals surface area contributed by atoms with Crippen molar-refractivity contribution in [3.63, 3.8) is 0 Å². The second-order valence-corrected chi connectivity index (χ2v) is 6.29. The van der Waals surface area contributed by atoms with Crippen molar-refractivity contribution in [1.29, 1.82) is 0 Å². The molecule has 3 heteroatoms. The first-order chi connectivity index (χ1) is 6.83. The minimum Gasteiger partial charge on any atom is -0.344 e. The number of ether oxygens (including phenoxy) is 1. The highest BCUT2D eigenvalue weighted by Gasteiger charge is 2.46. The maximum absolute atomic E-state index is 5.87. The molecule has 0 atom stereocenters. The Bertz CT molecular complexity index is 196. The van der Waals surface area contributed by atoms with Gasteiger partial charge in [-0.25, -0.2) is 9.78 Å². The predicted octanol–water partition coefficient (Wildman–Crippen LogP) is 3.04. The molecule has 1 saturated carbocycles. The Kier molecular flexibility index (Phi) is 2.61. The van der Waals surface area contributed by atoms with Gasteiger partial charge in [0.25, 0.3) is 0 Å². The van der Waals surface area contributed by atoms with Crippen molar-refractivity contribution in [1.82, 2.24) is 0 Å². The van der Waals surface area contributed by atoms with Crippen LogP contribution in [0.2, 0.25) is 0 Å². The lowest BCUT2D eigenvalue weighted by atomic mass is 9.75. The summed E-state index contributed by atoms with van der Waals surface area (Å²) in [4.78, 5) is 10.9. The molecule has 0 aromatic rings. The Balaban J connectivity index is 1.95. The Morgan fingerprint density at radius 3 is 1.87 bits per heavy atom. The predicted molar refractivity (Wildman–Crippen MR) is 57.2 cm³/mol. The van der Waals surface area contributed by atoms with E-state index in [1.807, 2.05) is 13.8 Å². The minimum atomic E-state index is -0.453. The van der Waals surface area contributed by atoms with E-state index >= 15 is 0 Å². The Morgan fingerprint density at radius 1 is 0.800 bits per heavy atom. The van der Waals surface area contributed by atoms with Gasteiger partial charge in [-0.15, -0.1) is 0 Å². The molecule has 0 aromatic heterocycles. The summed E-state index contributed by atoms with van der Waals surface area (Å²) in [6, 6.07) is 0. The summed E-state index contributed by atoms with van der Waals surface area (Å²) in [5, 5.41) is 0. The molecule has 0 aromatic carbocycles. The third-order valence-electron chi connectivity index (χ3n) is 3.47. The fourth-order valence-corrected chi connectivity index (χ4v) is 2.08. The van der Waals surface area contributed by atoms with Gasteiger partial charge in [-0.3, -0.25) is 0 Å². The Morgan fingerprint density at radius 2 is 1.40 bits per heavy atom. The fraction of sp³-hybridized carbons (Fsp3) is 1.00. The van der Waals surface area contributed by atoms with Crippen molar-refractivity contribution in [2.45, 2.75) is 64.8 Å². The molecular weight excluding hydrogens is 192 g/mol. The van der Waals surface area contributed by atoms with Gasteiger partial charge in [0.15, 0.2) is 0 Å². The average Bonchev–Trinajstić information content (AvgIpc) is 2.15. The molecule has 0 N–H and O–H groups in total. The molecule has 0 bridgehead atoms. The summed E-state index contributed by atoms with van der Waals surface area (Å²) in [7, 11) is 0. The Labute approximate surface area is 92.0 Å². The van der Waals surface area contributed by atoms with Crippen LogP contribution in [0.1, 0.15) is 53.4 Å². The van der Waals surface area contributed by atoms with Crippen LogP contribution in [0.25, 0.3) is 0 Å². The molecular formula is C12H22O3. The van der Waals surface area contributed by atoms with Crippen LogP contribution in [0.5, 0.6) is 0 Å². The first kappa shape index (κ1) is 11.4. The van der Waals surface area contributed by atoms with Crippen LogP contribution in [-0.4, -0.2) is 18.0 Å². The highest BCUT2D eigenvalue weighted by atomic mass is 17.2. The normalized spacial score (nSPS) is 32.8. The van der Waals surface area contributed by atoms with Gasteiger partial charge in [0.2, 0.25) is 5.79 Å². The van der Waals surface area contributed by atoms with Gasteiger partial charge < -0.3 is 4.74 Å². The van der Waals surface area contributed by atoms with Gasteiger partial charge in [-0.2, -0.15) is 0 Å². The average molecular weight is 214 g/mol. The van der Waals surface area contributed by atoms with Gasteiger partial charge >= 0.3 is 0 Å². The molecule has 88 valence electrons. The summed E-state index contributed by atoms with van der Waals surface area (Å²) in [6.07, 6.45) is 4.15. The zero-order chi connectivity index (χ0) is 11.2. The topological polar surface area (TPSA) is 27.7 Å². The minimum absolute atomic E-state index is 0.307. The van der Waals surface area contributed by atoms with Crippen LogP contribution >= 0.6 is 0 Å². The maximum atomic E-state index is 5.87. The molecule has 3 nitrogen and oxygen atoms in total. The molecule has 1 aliphatic carbocycles. The smallest absolute Gasteiger partial charge is 0.201 e. The molecule has 0 unspecified atom stereocenters. The summed E-state index contributed by atoms with van der Waals surface area (Å²) >= 11 is 0. The van der Waals surface area contributed by atoms with Gasteiger partial charge in [0.05, 0.1) is 6.61 Å². The second-order valence-electron chi connectivity index (χ2n) is 6.29. The molecule has 2 rings (SSSR count). The molecule has 1 saturated heterocycles. The maximum Gasteiger partial charge on any atom is 0.201 e. The lowest BCUT2D eigenvalue weighted by Crippen LogP contribution is -2.51. The first-order valence-corrected chi connectivity index (χ1v) is 5.84. The monoisotopic (exact) mass is 214 g/mol. The summed E-state index contributed by atoms with van der Waals surface area (Å²) in [5.41, 5.74) is 0.114. The summed E-state index contributed by atoms with van der Waals surface area (Å²) in [6.45, 7) is 9.17. The van der Waals surface area contributed by atoms with Crippen molar-refractivity contribution in [3.8, 4) is 0 Å². The van der Waals surface area contributed by atoms with Crippen molar-refractivity contribution >= 4 is 0 Å².